The molecule has 0 saturated heterocycles. The van der Waals surface area contributed by atoms with Gasteiger partial charge < -0.3 is 14.2 Å². The highest BCUT2D eigenvalue weighted by molar-refractivity contribution is 6.04. The lowest BCUT2D eigenvalue weighted by atomic mass is 10.0. The average molecular weight is 281 g/mol. The van der Waals surface area contributed by atoms with E-state index in [0.29, 0.717) is 22.4 Å². The number of nitrogens with zero attached hydrogens (tertiary/aromatic N) is 1. The number of hydrogen-bond acceptors (Lipinski definition) is 2. The zero-order chi connectivity index (χ0) is 15.0. The zero-order valence-corrected chi connectivity index (χ0v) is 11.8. The summed E-state index contributed by atoms with van der Waals surface area (Å²) in [6, 6.07) is 11.3. The molecule has 0 amide bonds. The molecule has 106 valence electrons. The highest BCUT2D eigenvalue weighted by Gasteiger charge is 2.20. The predicted molar refractivity (Wildman–Crippen MR) is 81.1 cm³/mol. The first-order valence-corrected chi connectivity index (χ1v) is 6.60. The Kier molecular flexibility index (Phi) is 3.14. The van der Waals surface area contributed by atoms with E-state index in [0.717, 1.165) is 11.1 Å². The van der Waals surface area contributed by atoms with Gasteiger partial charge in [0.2, 0.25) is 0 Å². The molecule has 0 aliphatic rings. The summed E-state index contributed by atoms with van der Waals surface area (Å²) in [5.41, 5.74) is 3.47. The molecule has 1 aromatic carbocycles. The van der Waals surface area contributed by atoms with Gasteiger partial charge in [-0.25, -0.2) is 4.79 Å². The normalized spacial score (nSPS) is 10.8. The van der Waals surface area contributed by atoms with Crippen molar-refractivity contribution in [1.29, 1.82) is 0 Å². The molecule has 0 atom stereocenters. The molecular formula is C17H15NO3. The van der Waals surface area contributed by atoms with Crippen molar-refractivity contribution in [3.63, 3.8) is 0 Å². The fourth-order valence-electron chi connectivity index (χ4n) is 2.58. The Labute approximate surface area is 122 Å². The first kappa shape index (κ1) is 13.2. The van der Waals surface area contributed by atoms with E-state index < -0.39 is 5.97 Å². The van der Waals surface area contributed by atoms with Crippen LogP contribution in [0.4, 0.5) is 0 Å². The second-order valence-electron chi connectivity index (χ2n) is 4.92. The number of benzene rings is 1. The smallest absolute Gasteiger partial charge is 0.338 e. The van der Waals surface area contributed by atoms with Crippen molar-refractivity contribution in [2.75, 3.05) is 7.11 Å². The summed E-state index contributed by atoms with van der Waals surface area (Å²) in [5.74, 6) is -0.277. The van der Waals surface area contributed by atoms with Crippen LogP contribution in [-0.2, 0) is 0 Å². The van der Waals surface area contributed by atoms with Crippen molar-refractivity contribution < 1.29 is 14.6 Å². The Morgan fingerprint density at radius 1 is 1.19 bits per heavy atom. The van der Waals surface area contributed by atoms with E-state index in [-0.39, 0.29) is 0 Å². The maximum Gasteiger partial charge on any atom is 0.338 e. The summed E-state index contributed by atoms with van der Waals surface area (Å²) in [5, 5.41) is 9.59. The molecule has 0 radical (unpaired) electrons. The first-order chi connectivity index (χ1) is 10.1. The number of methoxy groups -OCH3 is 1. The molecule has 0 aliphatic heterocycles. The quantitative estimate of drug-likeness (QED) is 0.797. The van der Waals surface area contributed by atoms with Crippen molar-refractivity contribution in [3.05, 3.63) is 59.9 Å². The van der Waals surface area contributed by atoms with Crippen LogP contribution >= 0.6 is 0 Å². The minimum absolute atomic E-state index is 0.291. The van der Waals surface area contributed by atoms with Crippen LogP contribution in [0.1, 0.15) is 15.9 Å². The number of carbonyl (C=O) groups is 1. The Morgan fingerprint density at radius 2 is 2.00 bits per heavy atom. The van der Waals surface area contributed by atoms with Crippen LogP contribution in [0.3, 0.4) is 0 Å². The highest BCUT2D eigenvalue weighted by atomic mass is 16.5. The number of fused-ring (bicyclic) bond motifs is 1. The van der Waals surface area contributed by atoms with E-state index in [1.165, 1.54) is 0 Å². The van der Waals surface area contributed by atoms with E-state index in [2.05, 4.69) is 0 Å². The molecule has 21 heavy (non-hydrogen) atoms. The molecule has 1 N–H and O–H groups in total. The van der Waals surface area contributed by atoms with Gasteiger partial charge in [0.1, 0.15) is 5.75 Å². The molecule has 4 heteroatoms. The summed E-state index contributed by atoms with van der Waals surface area (Å²) < 4.78 is 7.20. The number of aromatic nitrogens is 1. The van der Waals surface area contributed by atoms with Crippen molar-refractivity contribution in [3.8, 4) is 16.9 Å². The van der Waals surface area contributed by atoms with Crippen molar-refractivity contribution >= 4 is 11.5 Å². The maximum absolute atomic E-state index is 11.7. The molecule has 0 fully saturated rings. The molecule has 2 aromatic heterocycles. The zero-order valence-electron chi connectivity index (χ0n) is 11.8. The lowest BCUT2D eigenvalue weighted by molar-refractivity contribution is 0.0700. The van der Waals surface area contributed by atoms with Crippen molar-refractivity contribution in [1.82, 2.24) is 4.40 Å². The second kappa shape index (κ2) is 4.98. The van der Waals surface area contributed by atoms with Gasteiger partial charge in [-0.1, -0.05) is 17.7 Å². The van der Waals surface area contributed by atoms with E-state index in [1.54, 1.807) is 13.2 Å². The Bertz CT molecular complexity index is 833. The minimum Gasteiger partial charge on any atom is -0.496 e. The van der Waals surface area contributed by atoms with Crippen LogP contribution in [0.5, 0.6) is 5.75 Å². The Morgan fingerprint density at radius 3 is 2.71 bits per heavy atom. The van der Waals surface area contributed by atoms with Crippen LogP contribution in [0, 0.1) is 6.92 Å². The van der Waals surface area contributed by atoms with Crippen LogP contribution in [0.25, 0.3) is 16.6 Å². The SMILES string of the molecule is COc1ccc(C)cc1-c1cn2ccccc2c1C(=O)O. The summed E-state index contributed by atoms with van der Waals surface area (Å²) in [6.45, 7) is 1.97. The fraction of sp³-hybridized carbons (Fsp3) is 0.118. The first-order valence-electron chi connectivity index (χ1n) is 6.60. The fourth-order valence-corrected chi connectivity index (χ4v) is 2.58. The van der Waals surface area contributed by atoms with Gasteiger partial charge in [0.25, 0.3) is 0 Å². The van der Waals surface area contributed by atoms with E-state index in [4.69, 9.17) is 4.74 Å². The van der Waals surface area contributed by atoms with Gasteiger partial charge in [0.05, 0.1) is 18.2 Å². The van der Waals surface area contributed by atoms with Gasteiger partial charge in [-0.3, -0.25) is 0 Å². The number of hydrogen-bond donors (Lipinski definition) is 1. The number of aryl methyl sites for hydroxylation is 1. The topological polar surface area (TPSA) is 50.9 Å². The molecule has 0 unspecified atom stereocenters. The molecule has 0 spiro atoms. The third-order valence-corrected chi connectivity index (χ3v) is 3.54. The predicted octanol–water partition coefficient (Wildman–Crippen LogP) is 3.62. The van der Waals surface area contributed by atoms with Gasteiger partial charge in [0, 0.05) is 23.5 Å². The number of carboxylic acid groups (broad SMARTS) is 1. The second-order valence-corrected chi connectivity index (χ2v) is 4.92. The van der Waals surface area contributed by atoms with Gasteiger partial charge >= 0.3 is 5.97 Å². The average Bonchev–Trinajstić information content (AvgIpc) is 2.86. The molecule has 3 aromatic rings. The van der Waals surface area contributed by atoms with Crippen molar-refractivity contribution in [2.24, 2.45) is 0 Å². The van der Waals surface area contributed by atoms with Crippen molar-refractivity contribution in [2.45, 2.75) is 6.92 Å². The Hall–Kier alpha value is -2.75. The third kappa shape index (κ3) is 2.14. The molecule has 4 nitrogen and oxygen atoms in total. The van der Waals surface area contributed by atoms with E-state index >= 15 is 0 Å². The largest absolute Gasteiger partial charge is 0.496 e. The number of aromatic carboxylic acids is 1. The number of ether oxygens (including phenoxy) is 1. The minimum atomic E-state index is -0.942. The number of pyridine rings is 1. The van der Waals surface area contributed by atoms with Crippen LogP contribution in [0.2, 0.25) is 0 Å². The van der Waals surface area contributed by atoms with Crippen LogP contribution < -0.4 is 4.74 Å². The molecular weight excluding hydrogens is 266 g/mol. The maximum atomic E-state index is 11.7. The number of rotatable bonds is 3. The standard InChI is InChI=1S/C17H15NO3/c1-11-6-7-15(21-2)12(9-11)13-10-18-8-4-3-5-14(18)16(13)17(19)20/h3-10H,1-2H3,(H,19,20). The molecule has 2 heterocycles. The summed E-state index contributed by atoms with van der Waals surface area (Å²) in [7, 11) is 1.59. The van der Waals surface area contributed by atoms with Gasteiger partial charge in [0.15, 0.2) is 0 Å². The van der Waals surface area contributed by atoms with E-state index in [1.807, 2.05) is 54.0 Å². The number of carboxylic acids is 1. The summed E-state index contributed by atoms with van der Waals surface area (Å²) in [6.07, 6.45) is 3.67. The molecule has 0 bridgehead atoms. The van der Waals surface area contributed by atoms with E-state index in [9.17, 15) is 9.90 Å². The molecule has 0 saturated carbocycles. The van der Waals surface area contributed by atoms with Gasteiger partial charge in [-0.15, -0.1) is 0 Å². The summed E-state index contributed by atoms with van der Waals surface area (Å²) >= 11 is 0. The molecule has 3 rings (SSSR count). The van der Waals surface area contributed by atoms with Gasteiger partial charge in [-0.05, 0) is 31.2 Å². The monoisotopic (exact) mass is 281 g/mol. The molecule has 0 aliphatic carbocycles. The van der Waals surface area contributed by atoms with Crippen LogP contribution in [-0.4, -0.2) is 22.6 Å². The third-order valence-electron chi connectivity index (χ3n) is 3.54. The van der Waals surface area contributed by atoms with Crippen LogP contribution in [0.15, 0.2) is 48.8 Å². The Balaban J connectivity index is 2.37. The lowest BCUT2D eigenvalue weighted by Crippen LogP contribution is -1.98. The lowest BCUT2D eigenvalue weighted by Gasteiger charge is -2.09. The van der Waals surface area contributed by atoms with Gasteiger partial charge in [-0.2, -0.15) is 0 Å². The highest BCUT2D eigenvalue weighted by Crippen LogP contribution is 2.35. The summed E-state index contributed by atoms with van der Waals surface area (Å²) in [4.78, 5) is 11.7.